The molecule has 0 fully saturated rings. The van der Waals surface area contributed by atoms with Gasteiger partial charge in [0.2, 0.25) is 0 Å². The molecule has 0 spiro atoms. The van der Waals surface area contributed by atoms with Crippen LogP contribution in [0.5, 0.6) is 0 Å². The number of H-pyrrole nitrogens is 1. The second kappa shape index (κ2) is 4.29. The fourth-order valence-electron chi connectivity index (χ4n) is 1.75. The molecule has 4 N–H and O–H groups in total. The quantitative estimate of drug-likeness (QED) is 0.688. The second-order valence-electron chi connectivity index (χ2n) is 3.97. The maximum Gasteiger partial charge on any atom is 0.258 e. The van der Waals surface area contributed by atoms with E-state index in [9.17, 15) is 4.79 Å². The van der Waals surface area contributed by atoms with E-state index < -0.39 is 0 Å². The van der Waals surface area contributed by atoms with E-state index in [1.54, 1.807) is 6.20 Å². The van der Waals surface area contributed by atoms with Gasteiger partial charge in [-0.1, -0.05) is 0 Å². The van der Waals surface area contributed by atoms with Gasteiger partial charge in [-0.25, -0.2) is 0 Å². The van der Waals surface area contributed by atoms with Crippen LogP contribution in [0.4, 0.5) is 11.4 Å². The fourth-order valence-corrected chi connectivity index (χ4v) is 1.75. The van der Waals surface area contributed by atoms with Crippen molar-refractivity contribution in [3.05, 3.63) is 41.2 Å². The van der Waals surface area contributed by atoms with Gasteiger partial charge in [0.15, 0.2) is 0 Å². The summed E-state index contributed by atoms with van der Waals surface area (Å²) in [6.07, 6.45) is 3.04. The number of aromatic amines is 1. The van der Waals surface area contributed by atoms with Crippen molar-refractivity contribution in [3.63, 3.8) is 0 Å². The number of aryl methyl sites for hydroxylation is 2. The summed E-state index contributed by atoms with van der Waals surface area (Å²) >= 11 is 0. The third-order valence-corrected chi connectivity index (χ3v) is 2.55. The normalized spacial score (nSPS) is 10.2. The molecule has 2 aromatic rings. The molecule has 1 aromatic carbocycles. The monoisotopic (exact) mass is 230 g/mol. The Morgan fingerprint density at radius 3 is 2.53 bits per heavy atom. The molecule has 0 atom stereocenters. The first-order chi connectivity index (χ1) is 8.08. The molecule has 0 radical (unpaired) electrons. The molecule has 2 rings (SSSR count). The van der Waals surface area contributed by atoms with Crippen molar-refractivity contribution in [2.45, 2.75) is 13.8 Å². The summed E-state index contributed by atoms with van der Waals surface area (Å²) in [4.78, 5) is 11.9. The van der Waals surface area contributed by atoms with Crippen molar-refractivity contribution in [2.24, 2.45) is 0 Å². The number of nitrogens with one attached hydrogen (secondary N) is 2. The summed E-state index contributed by atoms with van der Waals surface area (Å²) in [5, 5.41) is 9.20. The number of benzene rings is 1. The number of hydrogen-bond acceptors (Lipinski definition) is 3. The van der Waals surface area contributed by atoms with Gasteiger partial charge in [0.05, 0.1) is 11.8 Å². The predicted octanol–water partition coefficient (Wildman–Crippen LogP) is 1.86. The number of hydrogen-bond donors (Lipinski definition) is 3. The Hall–Kier alpha value is -2.30. The molecule has 1 heterocycles. The van der Waals surface area contributed by atoms with Gasteiger partial charge in [0.1, 0.15) is 0 Å². The highest BCUT2D eigenvalue weighted by molar-refractivity contribution is 6.04. The number of carbonyl (C=O) groups is 1. The van der Waals surface area contributed by atoms with Gasteiger partial charge in [-0.2, -0.15) is 5.10 Å². The molecular formula is C12H14N4O. The van der Waals surface area contributed by atoms with Crippen LogP contribution in [0.15, 0.2) is 24.5 Å². The largest absolute Gasteiger partial charge is 0.399 e. The van der Waals surface area contributed by atoms with E-state index in [1.807, 2.05) is 26.0 Å². The Bertz CT molecular complexity index is 523. The van der Waals surface area contributed by atoms with Crippen LogP contribution in [0.2, 0.25) is 0 Å². The first-order valence-corrected chi connectivity index (χ1v) is 5.25. The van der Waals surface area contributed by atoms with E-state index in [-0.39, 0.29) is 5.91 Å². The minimum Gasteiger partial charge on any atom is -0.399 e. The lowest BCUT2D eigenvalue weighted by molar-refractivity contribution is 0.102. The Labute approximate surface area is 99.0 Å². The topological polar surface area (TPSA) is 83.8 Å². The van der Waals surface area contributed by atoms with Crippen LogP contribution in [0.3, 0.4) is 0 Å². The van der Waals surface area contributed by atoms with Crippen LogP contribution < -0.4 is 11.1 Å². The highest BCUT2D eigenvalue weighted by atomic mass is 16.1. The van der Waals surface area contributed by atoms with Crippen molar-refractivity contribution in [1.29, 1.82) is 0 Å². The smallest absolute Gasteiger partial charge is 0.258 e. The SMILES string of the molecule is Cc1cc(N)cc(C)c1NC(=O)c1cn[nH]c1. The summed E-state index contributed by atoms with van der Waals surface area (Å²) < 4.78 is 0. The molecule has 5 nitrogen and oxygen atoms in total. The van der Waals surface area contributed by atoms with Gasteiger partial charge >= 0.3 is 0 Å². The molecule has 0 aliphatic rings. The van der Waals surface area contributed by atoms with Crippen LogP contribution in [-0.4, -0.2) is 16.1 Å². The summed E-state index contributed by atoms with van der Waals surface area (Å²) in [6.45, 7) is 3.82. The highest BCUT2D eigenvalue weighted by Crippen LogP contribution is 2.23. The van der Waals surface area contributed by atoms with E-state index >= 15 is 0 Å². The summed E-state index contributed by atoms with van der Waals surface area (Å²) in [5.41, 5.74) is 9.61. The summed E-state index contributed by atoms with van der Waals surface area (Å²) in [6, 6.07) is 3.66. The number of amides is 1. The molecule has 5 heteroatoms. The molecule has 0 saturated heterocycles. The number of anilines is 2. The molecule has 0 unspecified atom stereocenters. The number of nitrogens with two attached hydrogens (primary N) is 1. The zero-order chi connectivity index (χ0) is 12.4. The van der Waals surface area contributed by atoms with E-state index in [1.165, 1.54) is 6.20 Å². The average molecular weight is 230 g/mol. The predicted molar refractivity (Wildman–Crippen MR) is 66.9 cm³/mol. The van der Waals surface area contributed by atoms with Crippen molar-refractivity contribution >= 4 is 17.3 Å². The van der Waals surface area contributed by atoms with E-state index in [2.05, 4.69) is 15.5 Å². The lowest BCUT2D eigenvalue weighted by Gasteiger charge is -2.11. The van der Waals surface area contributed by atoms with Gasteiger partial charge < -0.3 is 11.1 Å². The number of nitrogens with zero attached hydrogens (tertiary/aromatic N) is 1. The molecule has 1 aromatic heterocycles. The molecule has 0 bridgehead atoms. The molecule has 0 aliphatic heterocycles. The van der Waals surface area contributed by atoms with E-state index in [0.717, 1.165) is 16.8 Å². The Kier molecular flexibility index (Phi) is 2.82. The molecule has 88 valence electrons. The van der Waals surface area contributed by atoms with Gasteiger partial charge in [-0.05, 0) is 37.1 Å². The lowest BCUT2D eigenvalue weighted by atomic mass is 10.1. The summed E-state index contributed by atoms with van der Waals surface area (Å²) in [5.74, 6) is -0.185. The lowest BCUT2D eigenvalue weighted by Crippen LogP contribution is -2.13. The van der Waals surface area contributed by atoms with Crippen LogP contribution in [0, 0.1) is 13.8 Å². The standard InChI is InChI=1S/C12H14N4O/c1-7-3-10(13)4-8(2)11(7)16-12(17)9-5-14-15-6-9/h3-6H,13H2,1-2H3,(H,14,15)(H,16,17). The number of rotatable bonds is 2. The van der Waals surface area contributed by atoms with Crippen LogP contribution in [-0.2, 0) is 0 Å². The van der Waals surface area contributed by atoms with Gasteiger partial charge in [0.25, 0.3) is 5.91 Å². The zero-order valence-electron chi connectivity index (χ0n) is 9.74. The van der Waals surface area contributed by atoms with Gasteiger partial charge in [0, 0.05) is 17.6 Å². The Morgan fingerprint density at radius 1 is 1.35 bits per heavy atom. The molecule has 17 heavy (non-hydrogen) atoms. The van der Waals surface area contributed by atoms with E-state index in [4.69, 9.17) is 5.73 Å². The molecule has 1 amide bonds. The maximum absolute atomic E-state index is 11.9. The van der Waals surface area contributed by atoms with Crippen LogP contribution in [0.25, 0.3) is 0 Å². The third kappa shape index (κ3) is 2.28. The first-order valence-electron chi connectivity index (χ1n) is 5.25. The highest BCUT2D eigenvalue weighted by Gasteiger charge is 2.10. The van der Waals surface area contributed by atoms with Crippen molar-refractivity contribution in [3.8, 4) is 0 Å². The number of nitrogen functional groups attached to an aromatic ring is 1. The minimum absolute atomic E-state index is 0.185. The van der Waals surface area contributed by atoms with E-state index in [0.29, 0.717) is 11.3 Å². The average Bonchev–Trinajstić information content (AvgIpc) is 2.76. The Morgan fingerprint density at radius 2 is 2.00 bits per heavy atom. The van der Waals surface area contributed by atoms with Gasteiger partial charge in [-0.3, -0.25) is 9.89 Å². The third-order valence-electron chi connectivity index (χ3n) is 2.55. The maximum atomic E-state index is 11.9. The molecule has 0 aliphatic carbocycles. The van der Waals surface area contributed by atoms with Crippen LogP contribution >= 0.6 is 0 Å². The minimum atomic E-state index is -0.185. The van der Waals surface area contributed by atoms with Crippen molar-refractivity contribution in [2.75, 3.05) is 11.1 Å². The molecular weight excluding hydrogens is 216 g/mol. The molecule has 0 saturated carbocycles. The Balaban J connectivity index is 2.28. The summed E-state index contributed by atoms with van der Waals surface area (Å²) in [7, 11) is 0. The fraction of sp³-hybridized carbons (Fsp3) is 0.167. The second-order valence-corrected chi connectivity index (χ2v) is 3.97. The van der Waals surface area contributed by atoms with Crippen molar-refractivity contribution < 1.29 is 4.79 Å². The number of aromatic nitrogens is 2. The van der Waals surface area contributed by atoms with Crippen molar-refractivity contribution in [1.82, 2.24) is 10.2 Å². The first kappa shape index (κ1) is 11.2. The zero-order valence-corrected chi connectivity index (χ0v) is 9.74. The van der Waals surface area contributed by atoms with Crippen LogP contribution in [0.1, 0.15) is 21.5 Å². The number of carbonyl (C=O) groups excluding carboxylic acids is 1. The van der Waals surface area contributed by atoms with Gasteiger partial charge in [-0.15, -0.1) is 0 Å².